The zero-order chi connectivity index (χ0) is 8.32. The quantitative estimate of drug-likeness (QED) is 0.583. The van der Waals surface area contributed by atoms with Gasteiger partial charge in [-0.25, -0.2) is 0 Å². The van der Waals surface area contributed by atoms with Crippen LogP contribution in [0.5, 0.6) is 0 Å². The molecule has 1 radical (unpaired) electrons. The van der Waals surface area contributed by atoms with Crippen molar-refractivity contribution in [2.75, 3.05) is 0 Å². The third-order valence-electron chi connectivity index (χ3n) is 2.31. The summed E-state index contributed by atoms with van der Waals surface area (Å²) in [5.41, 5.74) is 0. The molecule has 1 rings (SSSR count). The summed E-state index contributed by atoms with van der Waals surface area (Å²) in [6.07, 6.45) is 7.50. The molecule has 0 N–H and O–H groups in total. The Morgan fingerprint density at radius 2 is 1.73 bits per heavy atom. The summed E-state index contributed by atoms with van der Waals surface area (Å²) in [5.74, 6) is 0.719. The normalized spacial score (nSPS) is 22.1. The maximum Gasteiger partial charge on any atom is 0.118 e. The molecule has 0 aromatic heterocycles. The summed E-state index contributed by atoms with van der Waals surface area (Å²) < 4.78 is -0.748. The highest BCUT2D eigenvalue weighted by Gasteiger charge is 2.24. The molecule has 0 aromatic rings. The maximum absolute atomic E-state index is 5.82. The molecule has 2 heteroatoms. The van der Waals surface area contributed by atoms with Crippen molar-refractivity contribution in [3.8, 4) is 0 Å². The van der Waals surface area contributed by atoms with E-state index in [-0.39, 0.29) is 0 Å². The van der Waals surface area contributed by atoms with Crippen LogP contribution in [-0.2, 0) is 0 Å². The van der Waals surface area contributed by atoms with Gasteiger partial charge in [-0.15, -0.1) is 23.2 Å². The van der Waals surface area contributed by atoms with Crippen LogP contribution in [0.25, 0.3) is 0 Å². The van der Waals surface area contributed by atoms with E-state index in [2.05, 4.69) is 6.92 Å². The molecule has 0 unspecified atom stereocenters. The molecule has 1 aliphatic carbocycles. The molecule has 65 valence electrons. The Morgan fingerprint density at radius 1 is 1.18 bits per heavy atom. The second-order valence-electron chi connectivity index (χ2n) is 3.56. The largest absolute Gasteiger partial charge is 0.118 e. The molecule has 1 aliphatic rings. The summed E-state index contributed by atoms with van der Waals surface area (Å²) in [5, 5.41) is 0. The first-order valence-electron chi connectivity index (χ1n) is 4.31. The number of hydrogen-bond donors (Lipinski definition) is 0. The third-order valence-corrected chi connectivity index (χ3v) is 2.62. The molecule has 0 heterocycles. The monoisotopic (exact) mass is 193 g/mol. The first kappa shape index (κ1) is 9.67. The van der Waals surface area contributed by atoms with Crippen LogP contribution in [0.1, 0.15) is 38.5 Å². The highest BCUT2D eigenvalue weighted by atomic mass is 35.5. The van der Waals surface area contributed by atoms with Crippen LogP contribution in [0.3, 0.4) is 0 Å². The van der Waals surface area contributed by atoms with Crippen LogP contribution >= 0.6 is 23.2 Å². The summed E-state index contributed by atoms with van der Waals surface area (Å²) in [7, 11) is 0. The van der Waals surface area contributed by atoms with Crippen molar-refractivity contribution in [1.82, 2.24) is 0 Å². The Hall–Kier alpha value is 0.580. The van der Waals surface area contributed by atoms with E-state index >= 15 is 0 Å². The average Bonchev–Trinajstić information content (AvgIpc) is 1.85. The molecule has 0 bridgehead atoms. The van der Waals surface area contributed by atoms with E-state index in [0.717, 1.165) is 12.3 Å². The highest BCUT2D eigenvalue weighted by Crippen LogP contribution is 2.35. The van der Waals surface area contributed by atoms with Crippen LogP contribution in [-0.4, -0.2) is 4.33 Å². The minimum atomic E-state index is -0.748. The number of hydrogen-bond acceptors (Lipinski definition) is 0. The standard InChI is InChI=1S/C9H15Cl2/c1-9(10,11)7-8-5-3-2-4-6-8/h8H,1-7H2. The second-order valence-corrected chi connectivity index (χ2v) is 5.20. The van der Waals surface area contributed by atoms with Crippen molar-refractivity contribution in [1.29, 1.82) is 0 Å². The fraction of sp³-hybridized carbons (Fsp3) is 0.889. The van der Waals surface area contributed by atoms with E-state index in [9.17, 15) is 0 Å². The van der Waals surface area contributed by atoms with E-state index < -0.39 is 4.33 Å². The summed E-state index contributed by atoms with van der Waals surface area (Å²) in [6, 6.07) is 0. The predicted molar refractivity (Wildman–Crippen MR) is 51.0 cm³/mol. The predicted octanol–water partition coefficient (Wildman–Crippen LogP) is 3.96. The number of alkyl halides is 2. The van der Waals surface area contributed by atoms with Crippen molar-refractivity contribution in [3.05, 3.63) is 6.92 Å². The highest BCUT2D eigenvalue weighted by molar-refractivity contribution is 6.48. The van der Waals surface area contributed by atoms with E-state index in [1.165, 1.54) is 32.1 Å². The van der Waals surface area contributed by atoms with Crippen LogP contribution in [0.2, 0.25) is 0 Å². The van der Waals surface area contributed by atoms with Gasteiger partial charge in [0.15, 0.2) is 0 Å². The molecular weight excluding hydrogens is 179 g/mol. The molecule has 0 aromatic carbocycles. The zero-order valence-corrected chi connectivity index (χ0v) is 8.29. The number of rotatable bonds is 2. The van der Waals surface area contributed by atoms with Gasteiger partial charge in [-0.2, -0.15) is 0 Å². The minimum Gasteiger partial charge on any atom is -0.102 e. The van der Waals surface area contributed by atoms with Crippen molar-refractivity contribution in [2.45, 2.75) is 42.9 Å². The van der Waals surface area contributed by atoms with Crippen LogP contribution in [0.4, 0.5) is 0 Å². The van der Waals surface area contributed by atoms with Gasteiger partial charge in [0.25, 0.3) is 0 Å². The molecule has 1 fully saturated rings. The van der Waals surface area contributed by atoms with Gasteiger partial charge in [0.1, 0.15) is 4.33 Å². The van der Waals surface area contributed by atoms with Crippen LogP contribution < -0.4 is 0 Å². The fourth-order valence-corrected chi connectivity index (χ4v) is 2.25. The Labute approximate surface area is 79.3 Å². The Balaban J connectivity index is 2.24. The van der Waals surface area contributed by atoms with E-state index in [4.69, 9.17) is 23.2 Å². The lowest BCUT2D eigenvalue weighted by molar-refractivity contribution is 0.336. The third kappa shape index (κ3) is 4.22. The number of halogens is 2. The molecule has 0 nitrogen and oxygen atoms in total. The molecule has 0 amide bonds. The molecule has 0 saturated heterocycles. The average molecular weight is 194 g/mol. The van der Waals surface area contributed by atoms with Gasteiger partial charge >= 0.3 is 0 Å². The van der Waals surface area contributed by atoms with E-state index in [1.54, 1.807) is 0 Å². The molecule has 11 heavy (non-hydrogen) atoms. The van der Waals surface area contributed by atoms with E-state index in [1.807, 2.05) is 0 Å². The van der Waals surface area contributed by atoms with Gasteiger partial charge in [-0.1, -0.05) is 32.1 Å². The van der Waals surface area contributed by atoms with Crippen LogP contribution in [0, 0.1) is 12.8 Å². The maximum atomic E-state index is 5.82. The zero-order valence-electron chi connectivity index (χ0n) is 6.78. The van der Waals surface area contributed by atoms with Crippen LogP contribution in [0.15, 0.2) is 0 Å². The molecule has 0 spiro atoms. The van der Waals surface area contributed by atoms with Gasteiger partial charge in [0, 0.05) is 0 Å². The fourth-order valence-electron chi connectivity index (χ4n) is 1.81. The van der Waals surface area contributed by atoms with Gasteiger partial charge in [-0.05, 0) is 19.3 Å². The Bertz CT molecular complexity index is 109. The summed E-state index contributed by atoms with van der Waals surface area (Å²) in [6.45, 7) is 3.70. The van der Waals surface area contributed by atoms with Crippen molar-refractivity contribution >= 4 is 23.2 Å². The Kier molecular flexibility index (Phi) is 3.52. The Morgan fingerprint density at radius 3 is 2.18 bits per heavy atom. The van der Waals surface area contributed by atoms with Gasteiger partial charge in [0.2, 0.25) is 0 Å². The first-order valence-corrected chi connectivity index (χ1v) is 5.07. The molecule has 0 atom stereocenters. The molecule has 1 saturated carbocycles. The van der Waals surface area contributed by atoms with Crippen molar-refractivity contribution in [3.63, 3.8) is 0 Å². The van der Waals surface area contributed by atoms with Crippen molar-refractivity contribution < 1.29 is 0 Å². The summed E-state index contributed by atoms with van der Waals surface area (Å²) >= 11 is 11.6. The second kappa shape index (κ2) is 4.00. The topological polar surface area (TPSA) is 0 Å². The first-order chi connectivity index (χ1) is 5.08. The lowest BCUT2D eigenvalue weighted by Crippen LogP contribution is -2.16. The van der Waals surface area contributed by atoms with Gasteiger partial charge in [0.05, 0.1) is 0 Å². The smallest absolute Gasteiger partial charge is 0.102 e. The van der Waals surface area contributed by atoms with Gasteiger partial charge in [-0.3, -0.25) is 0 Å². The minimum absolute atomic E-state index is 0.719. The lowest BCUT2D eigenvalue weighted by atomic mass is 9.86. The van der Waals surface area contributed by atoms with Gasteiger partial charge < -0.3 is 0 Å². The lowest BCUT2D eigenvalue weighted by Gasteiger charge is -2.25. The van der Waals surface area contributed by atoms with Crippen molar-refractivity contribution in [2.24, 2.45) is 5.92 Å². The summed E-state index contributed by atoms with van der Waals surface area (Å²) in [4.78, 5) is 0. The molecular formula is C9H15Cl2. The van der Waals surface area contributed by atoms with E-state index in [0.29, 0.717) is 0 Å². The SMILES string of the molecule is [CH2]C(Cl)(Cl)CC1CCCCC1. The molecule has 0 aliphatic heterocycles.